The van der Waals surface area contributed by atoms with Crippen molar-refractivity contribution in [1.82, 2.24) is 5.32 Å². The van der Waals surface area contributed by atoms with Crippen LogP contribution in [0.1, 0.15) is 26.2 Å². The summed E-state index contributed by atoms with van der Waals surface area (Å²) in [5.41, 5.74) is 0.207. The van der Waals surface area contributed by atoms with E-state index in [1.165, 1.54) is 12.8 Å². The largest absolute Gasteiger partial charge is 0.396 e. The first-order valence-corrected chi connectivity index (χ1v) is 4.14. The van der Waals surface area contributed by atoms with Gasteiger partial charge < -0.3 is 10.4 Å². The van der Waals surface area contributed by atoms with Crippen LogP contribution in [0.3, 0.4) is 0 Å². The number of nitrogens with one attached hydrogen (secondary N) is 1. The Morgan fingerprint density at radius 3 is 2.70 bits per heavy atom. The molecule has 1 aliphatic rings. The lowest BCUT2D eigenvalue weighted by atomic mass is 9.79. The predicted octanol–water partition coefficient (Wildman–Crippen LogP) is 0.759. The monoisotopic (exact) mass is 143 g/mol. The average Bonchev–Trinajstić information content (AvgIpc) is 2.06. The molecule has 1 aliphatic heterocycles. The molecule has 0 aromatic carbocycles. The van der Waals surface area contributed by atoms with Crippen LogP contribution in [0.2, 0.25) is 0 Å². The van der Waals surface area contributed by atoms with Gasteiger partial charge in [0.2, 0.25) is 0 Å². The summed E-state index contributed by atoms with van der Waals surface area (Å²) < 4.78 is 0. The maximum absolute atomic E-state index is 9.10. The molecule has 2 heteroatoms. The molecule has 0 radical (unpaired) electrons. The molecular weight excluding hydrogens is 126 g/mol. The second kappa shape index (κ2) is 3.35. The van der Waals surface area contributed by atoms with Gasteiger partial charge in [0, 0.05) is 18.6 Å². The Bertz CT molecular complexity index is 91.4. The van der Waals surface area contributed by atoms with Crippen molar-refractivity contribution in [2.24, 2.45) is 5.41 Å². The van der Waals surface area contributed by atoms with Gasteiger partial charge in [-0.2, -0.15) is 0 Å². The highest BCUT2D eigenvalue weighted by Crippen LogP contribution is 2.28. The lowest BCUT2D eigenvalue weighted by Crippen LogP contribution is -2.41. The summed E-state index contributed by atoms with van der Waals surface area (Å²) in [5.74, 6) is 0. The van der Waals surface area contributed by atoms with Crippen LogP contribution < -0.4 is 5.32 Å². The maximum atomic E-state index is 9.10. The Morgan fingerprint density at radius 2 is 2.40 bits per heavy atom. The van der Waals surface area contributed by atoms with E-state index >= 15 is 0 Å². The Balaban J connectivity index is 2.44. The summed E-state index contributed by atoms with van der Waals surface area (Å²) in [6.45, 7) is 4.63. The van der Waals surface area contributed by atoms with E-state index in [1.807, 2.05) is 0 Å². The molecule has 0 amide bonds. The van der Waals surface area contributed by atoms with E-state index < -0.39 is 0 Å². The van der Waals surface area contributed by atoms with Crippen molar-refractivity contribution in [3.63, 3.8) is 0 Å². The van der Waals surface area contributed by atoms with Gasteiger partial charge in [-0.1, -0.05) is 6.92 Å². The molecule has 0 spiro atoms. The molecule has 1 saturated heterocycles. The molecule has 1 unspecified atom stereocenters. The average molecular weight is 143 g/mol. The van der Waals surface area contributed by atoms with E-state index in [1.54, 1.807) is 0 Å². The summed E-state index contributed by atoms with van der Waals surface area (Å²) >= 11 is 0. The summed E-state index contributed by atoms with van der Waals surface area (Å²) in [4.78, 5) is 0. The van der Waals surface area contributed by atoms with Gasteiger partial charge in [-0.3, -0.25) is 0 Å². The molecule has 10 heavy (non-hydrogen) atoms. The SMILES string of the molecule is CCC1(CO)CCCNC1. The highest BCUT2D eigenvalue weighted by Gasteiger charge is 2.28. The maximum Gasteiger partial charge on any atom is 0.0499 e. The minimum Gasteiger partial charge on any atom is -0.396 e. The van der Waals surface area contributed by atoms with Crippen LogP contribution >= 0.6 is 0 Å². The fraction of sp³-hybridized carbons (Fsp3) is 1.00. The fourth-order valence-corrected chi connectivity index (χ4v) is 1.58. The van der Waals surface area contributed by atoms with Crippen molar-refractivity contribution in [3.8, 4) is 0 Å². The second-order valence-corrected chi connectivity index (χ2v) is 3.29. The molecule has 0 saturated carbocycles. The molecule has 2 nitrogen and oxygen atoms in total. The molecular formula is C8H17NO. The van der Waals surface area contributed by atoms with Crippen molar-refractivity contribution in [3.05, 3.63) is 0 Å². The minimum absolute atomic E-state index is 0.207. The van der Waals surface area contributed by atoms with Gasteiger partial charge in [-0.25, -0.2) is 0 Å². The number of rotatable bonds is 2. The van der Waals surface area contributed by atoms with Gasteiger partial charge in [-0.05, 0) is 25.8 Å². The van der Waals surface area contributed by atoms with Crippen LogP contribution in [-0.4, -0.2) is 24.8 Å². The van der Waals surface area contributed by atoms with E-state index in [0.717, 1.165) is 19.5 Å². The highest BCUT2D eigenvalue weighted by molar-refractivity contribution is 4.83. The first-order chi connectivity index (χ1) is 4.83. The van der Waals surface area contributed by atoms with Crippen LogP contribution in [0.5, 0.6) is 0 Å². The predicted molar refractivity (Wildman–Crippen MR) is 41.9 cm³/mol. The number of hydrogen-bond donors (Lipinski definition) is 2. The number of hydrogen-bond acceptors (Lipinski definition) is 2. The third-order valence-electron chi connectivity index (χ3n) is 2.65. The van der Waals surface area contributed by atoms with E-state index in [4.69, 9.17) is 5.11 Å². The first kappa shape index (κ1) is 8.02. The summed E-state index contributed by atoms with van der Waals surface area (Å²) in [7, 11) is 0. The third kappa shape index (κ3) is 1.50. The third-order valence-corrected chi connectivity index (χ3v) is 2.65. The zero-order valence-electron chi connectivity index (χ0n) is 6.69. The second-order valence-electron chi connectivity index (χ2n) is 3.29. The zero-order valence-corrected chi connectivity index (χ0v) is 6.69. The topological polar surface area (TPSA) is 32.3 Å². The van der Waals surface area contributed by atoms with Crippen LogP contribution in [0.15, 0.2) is 0 Å². The van der Waals surface area contributed by atoms with Crippen LogP contribution in [-0.2, 0) is 0 Å². The van der Waals surface area contributed by atoms with Crippen molar-refractivity contribution >= 4 is 0 Å². The van der Waals surface area contributed by atoms with Gasteiger partial charge in [0.05, 0.1) is 0 Å². The van der Waals surface area contributed by atoms with Crippen molar-refractivity contribution < 1.29 is 5.11 Å². The molecule has 0 aromatic rings. The molecule has 0 aromatic heterocycles. The molecule has 1 rings (SSSR count). The standard InChI is InChI=1S/C8H17NO/c1-2-8(7-10)4-3-5-9-6-8/h9-10H,2-7H2,1H3. The number of aliphatic hydroxyl groups excluding tert-OH is 1. The van der Waals surface area contributed by atoms with E-state index in [2.05, 4.69) is 12.2 Å². The fourth-order valence-electron chi connectivity index (χ4n) is 1.58. The van der Waals surface area contributed by atoms with Crippen molar-refractivity contribution in [1.29, 1.82) is 0 Å². The van der Waals surface area contributed by atoms with E-state index in [-0.39, 0.29) is 5.41 Å². The minimum atomic E-state index is 0.207. The van der Waals surface area contributed by atoms with Gasteiger partial charge in [0.1, 0.15) is 0 Å². The van der Waals surface area contributed by atoms with Crippen LogP contribution in [0.25, 0.3) is 0 Å². The molecule has 1 heterocycles. The lowest BCUT2D eigenvalue weighted by molar-refractivity contribution is 0.0908. The van der Waals surface area contributed by atoms with E-state index in [9.17, 15) is 0 Å². The summed E-state index contributed by atoms with van der Waals surface area (Å²) in [5, 5.41) is 12.4. The number of piperidine rings is 1. The normalized spacial score (nSPS) is 34.2. The smallest absolute Gasteiger partial charge is 0.0499 e. The van der Waals surface area contributed by atoms with Gasteiger partial charge >= 0.3 is 0 Å². The van der Waals surface area contributed by atoms with Gasteiger partial charge in [-0.15, -0.1) is 0 Å². The number of aliphatic hydroxyl groups is 1. The Hall–Kier alpha value is -0.0800. The Kier molecular flexibility index (Phi) is 2.69. The quantitative estimate of drug-likeness (QED) is 0.598. The van der Waals surface area contributed by atoms with E-state index in [0.29, 0.717) is 6.61 Å². The van der Waals surface area contributed by atoms with Gasteiger partial charge in [0.15, 0.2) is 0 Å². The lowest BCUT2D eigenvalue weighted by Gasteiger charge is -2.34. The van der Waals surface area contributed by atoms with Crippen molar-refractivity contribution in [2.75, 3.05) is 19.7 Å². The summed E-state index contributed by atoms with van der Waals surface area (Å²) in [6.07, 6.45) is 3.50. The zero-order chi connectivity index (χ0) is 7.45. The molecule has 0 aliphatic carbocycles. The van der Waals surface area contributed by atoms with Gasteiger partial charge in [0.25, 0.3) is 0 Å². The van der Waals surface area contributed by atoms with Crippen LogP contribution in [0, 0.1) is 5.41 Å². The molecule has 0 bridgehead atoms. The molecule has 1 fully saturated rings. The Labute approximate surface area is 62.6 Å². The van der Waals surface area contributed by atoms with Crippen LogP contribution in [0.4, 0.5) is 0 Å². The van der Waals surface area contributed by atoms with Crippen molar-refractivity contribution in [2.45, 2.75) is 26.2 Å². The molecule has 60 valence electrons. The molecule has 2 N–H and O–H groups in total. The Morgan fingerprint density at radius 1 is 1.60 bits per heavy atom. The summed E-state index contributed by atoms with van der Waals surface area (Å²) in [6, 6.07) is 0. The highest BCUT2D eigenvalue weighted by atomic mass is 16.3. The first-order valence-electron chi connectivity index (χ1n) is 4.14. The molecule has 1 atom stereocenters.